The molecule has 24 heavy (non-hydrogen) atoms. The van der Waals surface area contributed by atoms with Gasteiger partial charge in [0.1, 0.15) is 5.52 Å². The van der Waals surface area contributed by atoms with Crippen LogP contribution in [-0.4, -0.2) is 25.5 Å². The Labute approximate surface area is 141 Å². The minimum absolute atomic E-state index is 0.466. The number of aryl methyl sites for hydroxylation is 1. The summed E-state index contributed by atoms with van der Waals surface area (Å²) >= 11 is 0. The number of aliphatic hydroxyl groups is 1. The van der Waals surface area contributed by atoms with Gasteiger partial charge in [0, 0.05) is 29.4 Å². The summed E-state index contributed by atoms with van der Waals surface area (Å²) in [4.78, 5) is 4.50. The predicted octanol–water partition coefficient (Wildman–Crippen LogP) is 3.42. The van der Waals surface area contributed by atoms with E-state index in [2.05, 4.69) is 18.0 Å². The van der Waals surface area contributed by atoms with Crippen LogP contribution < -0.4 is 5.73 Å². The van der Waals surface area contributed by atoms with Crippen molar-refractivity contribution >= 4 is 27.6 Å². The number of hydrogen-bond donors (Lipinski definition) is 2. The molecule has 5 nitrogen and oxygen atoms in total. The molecule has 5 heteroatoms. The number of fused-ring (bicyclic) bond motifs is 3. The number of anilines is 1. The van der Waals surface area contributed by atoms with Crippen molar-refractivity contribution in [1.29, 1.82) is 0 Å². The molecule has 0 spiro atoms. The maximum absolute atomic E-state index is 11.1. The van der Waals surface area contributed by atoms with Gasteiger partial charge in [-0.1, -0.05) is 37.5 Å². The Hall–Kier alpha value is -2.14. The van der Waals surface area contributed by atoms with Crippen LogP contribution in [0.15, 0.2) is 24.3 Å². The number of nitrogens with zero attached hydrogens (tertiary/aromatic N) is 3. The number of hydrogen-bond acceptors (Lipinski definition) is 4. The minimum atomic E-state index is -0.628. The lowest BCUT2D eigenvalue weighted by Crippen LogP contribution is -2.34. The molecule has 3 N–H and O–H groups in total. The zero-order chi connectivity index (χ0) is 16.7. The zero-order valence-electron chi connectivity index (χ0n) is 14.1. The maximum Gasteiger partial charge on any atom is 0.152 e. The Morgan fingerprint density at radius 1 is 1.21 bits per heavy atom. The summed E-state index contributed by atoms with van der Waals surface area (Å²) in [6.45, 7) is 2.83. The number of aromatic nitrogens is 3. The van der Waals surface area contributed by atoms with Crippen LogP contribution in [0.1, 0.15) is 44.7 Å². The van der Waals surface area contributed by atoms with Gasteiger partial charge in [0.2, 0.25) is 0 Å². The van der Waals surface area contributed by atoms with Gasteiger partial charge in [0.05, 0.1) is 11.1 Å². The highest BCUT2D eigenvalue weighted by Crippen LogP contribution is 2.36. The molecular weight excluding hydrogens is 300 g/mol. The number of nitrogens with two attached hydrogens (primary N) is 1. The van der Waals surface area contributed by atoms with Gasteiger partial charge in [-0.05, 0) is 25.8 Å². The molecule has 1 aliphatic carbocycles. The Bertz CT molecular complexity index is 893. The van der Waals surface area contributed by atoms with Gasteiger partial charge in [-0.15, -0.1) is 0 Å². The van der Waals surface area contributed by atoms with Crippen molar-refractivity contribution in [3.8, 4) is 0 Å². The third-order valence-corrected chi connectivity index (χ3v) is 5.29. The molecule has 0 radical (unpaired) electrons. The molecule has 1 aliphatic rings. The summed E-state index contributed by atoms with van der Waals surface area (Å²) in [5.74, 6) is 0.466. The Morgan fingerprint density at radius 3 is 2.71 bits per heavy atom. The number of para-hydroxylation sites is 1. The van der Waals surface area contributed by atoms with Crippen LogP contribution >= 0.6 is 0 Å². The molecule has 0 aliphatic heterocycles. The Balaban J connectivity index is 1.95. The lowest BCUT2D eigenvalue weighted by molar-refractivity contribution is 0.00308. The van der Waals surface area contributed by atoms with E-state index in [1.807, 2.05) is 22.9 Å². The maximum atomic E-state index is 11.1. The van der Waals surface area contributed by atoms with Crippen molar-refractivity contribution in [2.75, 3.05) is 5.73 Å². The number of rotatable bonds is 3. The molecule has 126 valence electrons. The van der Waals surface area contributed by atoms with Crippen molar-refractivity contribution in [1.82, 2.24) is 14.8 Å². The van der Waals surface area contributed by atoms with E-state index in [-0.39, 0.29) is 0 Å². The van der Waals surface area contributed by atoms with Crippen LogP contribution in [0.4, 0.5) is 5.82 Å². The molecule has 1 aromatic carbocycles. The van der Waals surface area contributed by atoms with Crippen molar-refractivity contribution in [3.63, 3.8) is 0 Å². The van der Waals surface area contributed by atoms with Gasteiger partial charge >= 0.3 is 0 Å². The largest absolute Gasteiger partial charge is 0.389 e. The number of benzene rings is 1. The molecule has 2 heterocycles. The number of nitrogen functional groups attached to an aromatic ring is 1. The average Bonchev–Trinajstić information content (AvgIpc) is 2.94. The molecule has 1 saturated carbocycles. The van der Waals surface area contributed by atoms with Gasteiger partial charge < -0.3 is 10.8 Å². The Kier molecular flexibility index (Phi) is 3.68. The first-order valence-corrected chi connectivity index (χ1v) is 8.87. The van der Waals surface area contributed by atoms with Crippen molar-refractivity contribution < 1.29 is 5.11 Å². The summed E-state index contributed by atoms with van der Waals surface area (Å²) in [7, 11) is 0. The zero-order valence-corrected chi connectivity index (χ0v) is 14.1. The van der Waals surface area contributed by atoms with Crippen molar-refractivity contribution in [2.45, 2.75) is 57.6 Å². The van der Waals surface area contributed by atoms with E-state index in [4.69, 9.17) is 10.8 Å². The second-order valence-corrected chi connectivity index (χ2v) is 6.96. The van der Waals surface area contributed by atoms with E-state index in [0.29, 0.717) is 12.2 Å². The fourth-order valence-corrected chi connectivity index (χ4v) is 4.06. The van der Waals surface area contributed by atoms with Gasteiger partial charge in [0.25, 0.3) is 0 Å². The van der Waals surface area contributed by atoms with Gasteiger partial charge in [-0.3, -0.25) is 4.68 Å². The molecule has 1 fully saturated rings. The molecule has 4 rings (SSSR count). The highest BCUT2D eigenvalue weighted by atomic mass is 16.3. The first-order valence-electron chi connectivity index (χ1n) is 8.87. The SMILES string of the molecule is CCn1nc2c(N)nc3ccccc3c2c1CC1(O)CCCCC1. The smallest absolute Gasteiger partial charge is 0.152 e. The Morgan fingerprint density at radius 2 is 1.96 bits per heavy atom. The van der Waals surface area contributed by atoms with E-state index in [1.54, 1.807) is 0 Å². The minimum Gasteiger partial charge on any atom is -0.389 e. The third kappa shape index (κ3) is 2.44. The fourth-order valence-electron chi connectivity index (χ4n) is 4.06. The molecule has 2 aromatic heterocycles. The topological polar surface area (TPSA) is 77.0 Å². The normalized spacial score (nSPS) is 17.6. The second kappa shape index (κ2) is 5.74. The highest BCUT2D eigenvalue weighted by molar-refractivity contribution is 6.09. The third-order valence-electron chi connectivity index (χ3n) is 5.29. The summed E-state index contributed by atoms with van der Waals surface area (Å²) < 4.78 is 1.99. The fraction of sp³-hybridized carbons (Fsp3) is 0.474. The average molecular weight is 324 g/mol. The molecule has 0 amide bonds. The summed E-state index contributed by atoms with van der Waals surface area (Å²) in [5, 5.41) is 17.9. The van der Waals surface area contributed by atoms with E-state index in [0.717, 1.165) is 59.7 Å². The van der Waals surface area contributed by atoms with Crippen LogP contribution in [-0.2, 0) is 13.0 Å². The lowest BCUT2D eigenvalue weighted by atomic mass is 9.81. The van der Waals surface area contributed by atoms with E-state index in [1.165, 1.54) is 6.42 Å². The van der Waals surface area contributed by atoms with Crippen LogP contribution in [0, 0.1) is 0 Å². The van der Waals surface area contributed by atoms with Gasteiger partial charge in [-0.25, -0.2) is 4.98 Å². The summed E-state index contributed by atoms with van der Waals surface area (Å²) in [6, 6.07) is 8.04. The lowest BCUT2D eigenvalue weighted by Gasteiger charge is -2.32. The van der Waals surface area contributed by atoms with Gasteiger partial charge in [-0.2, -0.15) is 5.10 Å². The van der Waals surface area contributed by atoms with E-state index < -0.39 is 5.60 Å². The molecule has 0 unspecified atom stereocenters. The van der Waals surface area contributed by atoms with Crippen LogP contribution in [0.5, 0.6) is 0 Å². The standard InChI is InChI=1S/C19H24N4O/c1-2-23-15(12-19(24)10-6-3-7-11-19)16-13-8-4-5-9-14(13)21-18(20)17(16)22-23/h4-5,8-9,24H,2-3,6-7,10-12H2,1H3,(H2,20,21). The van der Waals surface area contributed by atoms with Crippen LogP contribution in [0.25, 0.3) is 21.8 Å². The van der Waals surface area contributed by atoms with Gasteiger partial charge in [0.15, 0.2) is 5.82 Å². The van der Waals surface area contributed by atoms with Crippen LogP contribution in [0.2, 0.25) is 0 Å². The highest BCUT2D eigenvalue weighted by Gasteiger charge is 2.32. The quantitative estimate of drug-likeness (QED) is 0.774. The number of pyridine rings is 1. The molecule has 0 saturated heterocycles. The molecule has 0 atom stereocenters. The van der Waals surface area contributed by atoms with Crippen LogP contribution in [0.3, 0.4) is 0 Å². The first-order chi connectivity index (χ1) is 11.6. The predicted molar refractivity (Wildman–Crippen MR) is 96.9 cm³/mol. The second-order valence-electron chi connectivity index (χ2n) is 6.96. The van der Waals surface area contributed by atoms with E-state index >= 15 is 0 Å². The first kappa shape index (κ1) is 15.4. The summed E-state index contributed by atoms with van der Waals surface area (Å²) in [5.41, 5.74) is 8.27. The monoisotopic (exact) mass is 324 g/mol. The van der Waals surface area contributed by atoms with E-state index in [9.17, 15) is 5.11 Å². The van der Waals surface area contributed by atoms with Crippen molar-refractivity contribution in [3.05, 3.63) is 30.0 Å². The summed E-state index contributed by atoms with van der Waals surface area (Å²) in [6.07, 6.45) is 5.77. The molecular formula is C19H24N4O. The van der Waals surface area contributed by atoms with Crippen molar-refractivity contribution in [2.24, 2.45) is 0 Å². The molecule has 0 bridgehead atoms. The molecule has 3 aromatic rings.